The highest BCUT2D eigenvalue weighted by Crippen LogP contribution is 2.38. The zero-order valence-electron chi connectivity index (χ0n) is 9.33. The van der Waals surface area contributed by atoms with Gasteiger partial charge in [0.2, 0.25) is 11.8 Å². The first-order valence-corrected chi connectivity index (χ1v) is 6.32. The molecule has 0 atom stereocenters. The molecule has 0 aromatic carbocycles. The largest absolute Gasteiger partial charge is 0.368 e. The minimum absolute atomic E-state index is 0.400. The molecule has 0 spiro atoms. The molecule has 1 saturated carbocycles. The maximum Gasteiger partial charge on any atom is 0.237 e. The molecule has 1 aliphatic rings. The molecule has 8 heteroatoms. The van der Waals surface area contributed by atoms with E-state index in [4.69, 9.17) is 10.3 Å². The lowest BCUT2D eigenvalue weighted by Crippen LogP contribution is -1.98. The zero-order valence-corrected chi connectivity index (χ0v) is 10.1. The van der Waals surface area contributed by atoms with Gasteiger partial charge in [0.15, 0.2) is 11.0 Å². The van der Waals surface area contributed by atoms with E-state index in [2.05, 4.69) is 20.3 Å². The second kappa shape index (κ2) is 4.02. The molecule has 90 valence electrons. The lowest BCUT2D eigenvalue weighted by Gasteiger charge is -1.97. The second-order valence-electron chi connectivity index (χ2n) is 4.01. The fraction of sp³-hybridized carbons (Fsp3) is 0.556. The van der Waals surface area contributed by atoms with E-state index in [1.807, 2.05) is 7.05 Å². The van der Waals surface area contributed by atoms with Crippen LogP contribution in [0.2, 0.25) is 0 Å². The van der Waals surface area contributed by atoms with Gasteiger partial charge in [0.05, 0.1) is 5.75 Å². The average molecular weight is 252 g/mol. The highest BCUT2D eigenvalue weighted by Gasteiger charge is 2.28. The van der Waals surface area contributed by atoms with Crippen molar-refractivity contribution in [3.8, 4) is 0 Å². The van der Waals surface area contributed by atoms with Gasteiger partial charge in [-0.3, -0.25) is 4.57 Å². The number of thioether (sulfide) groups is 1. The third-order valence-electron chi connectivity index (χ3n) is 2.62. The number of rotatable bonds is 4. The van der Waals surface area contributed by atoms with Gasteiger partial charge in [-0.1, -0.05) is 16.9 Å². The Morgan fingerprint density at radius 3 is 2.94 bits per heavy atom. The monoisotopic (exact) mass is 252 g/mol. The topological polar surface area (TPSA) is 95.7 Å². The zero-order chi connectivity index (χ0) is 11.8. The smallest absolute Gasteiger partial charge is 0.237 e. The van der Waals surface area contributed by atoms with E-state index in [0.29, 0.717) is 23.5 Å². The molecule has 2 heterocycles. The number of nitrogen functional groups attached to an aromatic ring is 1. The molecule has 0 amide bonds. The van der Waals surface area contributed by atoms with Gasteiger partial charge in [0.1, 0.15) is 0 Å². The Hall–Kier alpha value is -1.57. The summed E-state index contributed by atoms with van der Waals surface area (Å²) in [5, 5.41) is 12.4. The molecular weight excluding hydrogens is 240 g/mol. The van der Waals surface area contributed by atoms with Crippen LogP contribution in [0, 0.1) is 0 Å². The van der Waals surface area contributed by atoms with Crippen LogP contribution in [0.3, 0.4) is 0 Å². The Labute approximate surface area is 102 Å². The molecule has 7 nitrogen and oxygen atoms in total. The Balaban J connectivity index is 1.64. The highest BCUT2D eigenvalue weighted by molar-refractivity contribution is 7.98. The summed E-state index contributed by atoms with van der Waals surface area (Å²) < 4.78 is 6.89. The predicted molar refractivity (Wildman–Crippen MR) is 61.2 cm³/mol. The Morgan fingerprint density at radius 1 is 1.47 bits per heavy atom. The summed E-state index contributed by atoms with van der Waals surface area (Å²) in [5.41, 5.74) is 5.59. The van der Waals surface area contributed by atoms with E-state index in [-0.39, 0.29) is 0 Å². The first-order valence-electron chi connectivity index (χ1n) is 5.34. The molecule has 2 aromatic heterocycles. The van der Waals surface area contributed by atoms with Gasteiger partial charge in [-0.05, 0) is 12.8 Å². The van der Waals surface area contributed by atoms with Gasteiger partial charge in [-0.25, -0.2) is 0 Å². The van der Waals surface area contributed by atoms with Gasteiger partial charge in [0.25, 0.3) is 0 Å². The summed E-state index contributed by atoms with van der Waals surface area (Å²) in [6, 6.07) is 0. The van der Waals surface area contributed by atoms with Gasteiger partial charge in [-0.2, -0.15) is 4.98 Å². The van der Waals surface area contributed by atoms with Gasteiger partial charge >= 0.3 is 0 Å². The minimum Gasteiger partial charge on any atom is -0.368 e. The van der Waals surface area contributed by atoms with Crippen LogP contribution < -0.4 is 5.73 Å². The summed E-state index contributed by atoms with van der Waals surface area (Å²) in [5.74, 6) is 2.96. The van der Waals surface area contributed by atoms with Gasteiger partial charge < -0.3 is 10.3 Å². The SMILES string of the molecule is Cn1c(N)nnc1SCc1nc(C2CC2)no1. The van der Waals surface area contributed by atoms with E-state index in [1.54, 1.807) is 4.57 Å². The fourth-order valence-electron chi connectivity index (χ4n) is 1.41. The number of hydrogen-bond donors (Lipinski definition) is 1. The van der Waals surface area contributed by atoms with Gasteiger partial charge in [-0.15, -0.1) is 10.2 Å². The van der Waals surface area contributed by atoms with Crippen molar-refractivity contribution in [2.75, 3.05) is 5.73 Å². The van der Waals surface area contributed by atoms with Crippen molar-refractivity contribution >= 4 is 17.7 Å². The molecule has 0 bridgehead atoms. The Morgan fingerprint density at radius 2 is 2.29 bits per heavy atom. The van der Waals surface area contributed by atoms with Crippen LogP contribution >= 0.6 is 11.8 Å². The molecular formula is C9H12N6OS. The van der Waals surface area contributed by atoms with Crippen molar-refractivity contribution < 1.29 is 4.52 Å². The molecule has 0 unspecified atom stereocenters. The van der Waals surface area contributed by atoms with Gasteiger partial charge in [0, 0.05) is 13.0 Å². The maximum absolute atomic E-state index is 5.59. The molecule has 1 fully saturated rings. The number of nitrogens with zero attached hydrogens (tertiary/aromatic N) is 5. The van der Waals surface area contributed by atoms with Crippen molar-refractivity contribution in [1.82, 2.24) is 24.9 Å². The summed E-state index contributed by atoms with van der Waals surface area (Å²) in [6.45, 7) is 0. The quantitative estimate of drug-likeness (QED) is 0.809. The first-order chi connectivity index (χ1) is 8.24. The normalized spacial score (nSPS) is 15.4. The van der Waals surface area contributed by atoms with Crippen LogP contribution in [0.1, 0.15) is 30.5 Å². The van der Waals surface area contributed by atoms with E-state index in [1.165, 1.54) is 24.6 Å². The summed E-state index contributed by atoms with van der Waals surface area (Å²) >= 11 is 1.48. The summed E-state index contributed by atoms with van der Waals surface area (Å²) in [6.07, 6.45) is 2.35. The summed E-state index contributed by atoms with van der Waals surface area (Å²) in [7, 11) is 1.82. The number of nitrogens with two attached hydrogens (primary N) is 1. The van der Waals surface area contributed by atoms with Crippen LogP contribution in [-0.4, -0.2) is 24.9 Å². The van der Waals surface area contributed by atoms with Crippen LogP contribution in [0.5, 0.6) is 0 Å². The molecule has 17 heavy (non-hydrogen) atoms. The molecule has 1 aliphatic carbocycles. The molecule has 2 aromatic rings. The van der Waals surface area contributed by atoms with Crippen LogP contribution in [0.15, 0.2) is 9.68 Å². The Bertz CT molecular complexity index is 531. The lowest BCUT2D eigenvalue weighted by atomic mass is 10.4. The fourth-order valence-corrected chi connectivity index (χ4v) is 2.17. The van der Waals surface area contributed by atoms with E-state index < -0.39 is 0 Å². The average Bonchev–Trinajstić information content (AvgIpc) is 3.00. The van der Waals surface area contributed by atoms with Crippen molar-refractivity contribution in [1.29, 1.82) is 0 Å². The van der Waals surface area contributed by atoms with E-state index >= 15 is 0 Å². The minimum atomic E-state index is 0.400. The van der Waals surface area contributed by atoms with Crippen LogP contribution in [0.4, 0.5) is 5.95 Å². The second-order valence-corrected chi connectivity index (χ2v) is 4.95. The van der Waals surface area contributed by atoms with Crippen molar-refractivity contribution in [3.63, 3.8) is 0 Å². The molecule has 0 saturated heterocycles. The third kappa shape index (κ3) is 2.12. The molecule has 2 N–H and O–H groups in total. The van der Waals surface area contributed by atoms with Crippen molar-refractivity contribution in [3.05, 3.63) is 11.7 Å². The molecule has 3 rings (SSSR count). The van der Waals surface area contributed by atoms with E-state index in [0.717, 1.165) is 11.0 Å². The standard InChI is InChI=1S/C9H12N6OS/c1-15-8(10)12-13-9(15)17-4-6-11-7(14-16-6)5-2-3-5/h5H,2-4H2,1H3,(H2,10,12). The number of aromatic nitrogens is 5. The first kappa shape index (κ1) is 10.6. The molecule has 0 aliphatic heterocycles. The van der Waals surface area contributed by atoms with Crippen LogP contribution in [0.25, 0.3) is 0 Å². The van der Waals surface area contributed by atoms with Crippen LogP contribution in [-0.2, 0) is 12.8 Å². The summed E-state index contributed by atoms with van der Waals surface area (Å²) in [4.78, 5) is 4.34. The van der Waals surface area contributed by atoms with Crippen molar-refractivity contribution in [2.45, 2.75) is 29.7 Å². The lowest BCUT2D eigenvalue weighted by molar-refractivity contribution is 0.385. The van der Waals surface area contributed by atoms with Crippen molar-refractivity contribution in [2.24, 2.45) is 7.05 Å². The molecule has 0 radical (unpaired) electrons. The number of hydrogen-bond acceptors (Lipinski definition) is 7. The Kier molecular flexibility index (Phi) is 2.50. The third-order valence-corrected chi connectivity index (χ3v) is 3.62. The number of anilines is 1. The van der Waals surface area contributed by atoms with E-state index in [9.17, 15) is 0 Å². The predicted octanol–water partition coefficient (Wildman–Crippen LogP) is 0.950. The highest BCUT2D eigenvalue weighted by atomic mass is 32.2. The maximum atomic E-state index is 5.59.